The van der Waals surface area contributed by atoms with Gasteiger partial charge in [-0.3, -0.25) is 9.36 Å². The first kappa shape index (κ1) is 17.7. The van der Waals surface area contributed by atoms with E-state index >= 15 is 0 Å². The summed E-state index contributed by atoms with van der Waals surface area (Å²) in [6.07, 6.45) is 4.12. The van der Waals surface area contributed by atoms with Crippen LogP contribution in [0.15, 0.2) is 47.3 Å². The molecule has 0 bridgehead atoms. The molecule has 124 valence electrons. The van der Waals surface area contributed by atoms with Crippen molar-refractivity contribution in [2.24, 2.45) is 0 Å². The summed E-state index contributed by atoms with van der Waals surface area (Å²) in [7, 11) is 0. The van der Waals surface area contributed by atoms with Gasteiger partial charge in [0.25, 0.3) is 5.56 Å². The van der Waals surface area contributed by atoms with Crippen molar-refractivity contribution in [1.29, 1.82) is 0 Å². The van der Waals surface area contributed by atoms with E-state index < -0.39 is 6.01 Å². The molecule has 0 amide bonds. The molecular formula is C20H15N2NaO2S. The van der Waals surface area contributed by atoms with Crippen LogP contribution in [-0.4, -0.2) is 9.55 Å². The van der Waals surface area contributed by atoms with Crippen LogP contribution in [0.2, 0.25) is 0 Å². The summed E-state index contributed by atoms with van der Waals surface area (Å²) in [4.78, 5) is 19.3. The maximum atomic E-state index is 13.3. The van der Waals surface area contributed by atoms with Crippen molar-refractivity contribution in [1.82, 2.24) is 9.55 Å². The van der Waals surface area contributed by atoms with Crippen LogP contribution in [0, 0.1) is 0 Å². The van der Waals surface area contributed by atoms with Gasteiger partial charge in [-0.05, 0) is 42.7 Å². The monoisotopic (exact) mass is 370 g/mol. The zero-order chi connectivity index (χ0) is 17.0. The van der Waals surface area contributed by atoms with Crippen LogP contribution < -0.4 is 40.2 Å². The Morgan fingerprint density at radius 2 is 1.81 bits per heavy atom. The van der Waals surface area contributed by atoms with Crippen molar-refractivity contribution in [2.75, 3.05) is 0 Å². The molecular weight excluding hydrogens is 355 g/mol. The van der Waals surface area contributed by atoms with Crippen LogP contribution in [0.5, 0.6) is 6.01 Å². The smallest absolute Gasteiger partial charge is 0.845 e. The Morgan fingerprint density at radius 3 is 2.69 bits per heavy atom. The maximum absolute atomic E-state index is 13.3. The number of rotatable bonds is 1. The Hall–Kier alpha value is -1.66. The molecule has 1 aliphatic carbocycles. The Kier molecular flexibility index (Phi) is 4.65. The van der Waals surface area contributed by atoms with Gasteiger partial charge < -0.3 is 5.11 Å². The summed E-state index contributed by atoms with van der Waals surface area (Å²) in [6, 6.07) is 13.0. The Balaban J connectivity index is 0.00000168. The van der Waals surface area contributed by atoms with E-state index in [0.29, 0.717) is 15.9 Å². The molecule has 6 heteroatoms. The molecule has 0 saturated carbocycles. The first-order valence-corrected chi connectivity index (χ1v) is 9.28. The second-order valence-corrected chi connectivity index (χ2v) is 7.51. The van der Waals surface area contributed by atoms with Gasteiger partial charge in [-0.2, -0.15) is 0 Å². The molecule has 4 aromatic rings. The molecule has 2 aromatic carbocycles. The third kappa shape index (κ3) is 2.62. The number of nitrogens with zero attached hydrogens (tertiary/aromatic N) is 2. The molecule has 1 aliphatic rings. The summed E-state index contributed by atoms with van der Waals surface area (Å²) >= 11 is 1.51. The van der Waals surface area contributed by atoms with E-state index in [4.69, 9.17) is 0 Å². The van der Waals surface area contributed by atoms with Crippen LogP contribution in [-0.2, 0) is 12.8 Å². The minimum absolute atomic E-state index is 0. The predicted octanol–water partition coefficient (Wildman–Crippen LogP) is 0.557. The molecule has 2 aromatic heterocycles. The van der Waals surface area contributed by atoms with Crippen LogP contribution >= 0.6 is 11.3 Å². The molecule has 0 radical (unpaired) electrons. The average Bonchev–Trinajstić information content (AvgIpc) is 3.00. The van der Waals surface area contributed by atoms with Gasteiger partial charge in [0.2, 0.25) is 0 Å². The maximum Gasteiger partial charge on any atom is 1.00 e. The minimum Gasteiger partial charge on any atom is -0.845 e. The van der Waals surface area contributed by atoms with E-state index in [1.807, 2.05) is 42.5 Å². The van der Waals surface area contributed by atoms with Crippen LogP contribution in [0.3, 0.4) is 0 Å². The van der Waals surface area contributed by atoms with Crippen LogP contribution in [0.1, 0.15) is 23.3 Å². The fraction of sp³-hybridized carbons (Fsp3) is 0.200. The van der Waals surface area contributed by atoms with Gasteiger partial charge >= 0.3 is 29.6 Å². The average molecular weight is 370 g/mol. The molecule has 4 nitrogen and oxygen atoms in total. The summed E-state index contributed by atoms with van der Waals surface area (Å²) < 4.78 is 1.24. The van der Waals surface area contributed by atoms with Crippen molar-refractivity contribution in [3.8, 4) is 11.7 Å². The normalized spacial score (nSPS) is 13.5. The third-order valence-electron chi connectivity index (χ3n) is 4.97. The molecule has 0 unspecified atom stereocenters. The number of thiophene rings is 1. The number of aromatic nitrogens is 2. The zero-order valence-electron chi connectivity index (χ0n) is 14.5. The molecule has 0 aliphatic heterocycles. The molecule has 0 fully saturated rings. The fourth-order valence-corrected chi connectivity index (χ4v) is 5.05. The molecule has 0 atom stereocenters. The number of hydrogen-bond acceptors (Lipinski definition) is 4. The number of hydrogen-bond donors (Lipinski definition) is 0. The largest absolute Gasteiger partial charge is 1.00 e. The molecule has 0 spiro atoms. The summed E-state index contributed by atoms with van der Waals surface area (Å²) in [5.41, 5.74) is 1.49. The third-order valence-corrected chi connectivity index (χ3v) is 6.15. The predicted molar refractivity (Wildman–Crippen MR) is 98.8 cm³/mol. The Labute approximate surface area is 176 Å². The van der Waals surface area contributed by atoms with Gasteiger partial charge in [0.1, 0.15) is 4.83 Å². The number of benzene rings is 2. The quantitative estimate of drug-likeness (QED) is 0.460. The van der Waals surface area contributed by atoms with Gasteiger partial charge in [0.05, 0.1) is 17.1 Å². The molecule has 0 saturated heterocycles. The summed E-state index contributed by atoms with van der Waals surface area (Å²) in [5, 5.41) is 15.2. The molecule has 0 N–H and O–H groups in total. The van der Waals surface area contributed by atoms with Gasteiger partial charge in [-0.1, -0.05) is 36.4 Å². The van der Waals surface area contributed by atoms with Crippen LogP contribution in [0.25, 0.3) is 26.7 Å². The van der Waals surface area contributed by atoms with E-state index in [9.17, 15) is 9.90 Å². The van der Waals surface area contributed by atoms with Crippen LogP contribution in [0.4, 0.5) is 0 Å². The van der Waals surface area contributed by atoms with Crippen molar-refractivity contribution in [2.45, 2.75) is 25.7 Å². The summed E-state index contributed by atoms with van der Waals surface area (Å²) in [5.74, 6) is 0. The first-order chi connectivity index (χ1) is 12.2. The first-order valence-electron chi connectivity index (χ1n) is 8.46. The van der Waals surface area contributed by atoms with Gasteiger partial charge in [0, 0.05) is 10.3 Å². The van der Waals surface area contributed by atoms with E-state index in [1.165, 1.54) is 20.8 Å². The van der Waals surface area contributed by atoms with E-state index in [0.717, 1.165) is 42.0 Å². The standard InChI is InChI=1S/C20H16N2O2S.Na/c23-19-17-14-9-3-4-11-16(14)25-18(17)21-20(24)22(19)15-10-5-7-12-6-1-2-8-13(12)15;/h1-2,5-8,10H,3-4,9,11H2,(H,21,24);/q;+1/p-1. The van der Waals surface area contributed by atoms with Gasteiger partial charge in [-0.25, -0.2) is 4.98 Å². The number of aryl methyl sites for hydroxylation is 2. The Bertz CT molecular complexity index is 1190. The second kappa shape index (κ2) is 6.82. The number of fused-ring (bicyclic) bond motifs is 4. The zero-order valence-corrected chi connectivity index (χ0v) is 17.3. The van der Waals surface area contributed by atoms with E-state index in [2.05, 4.69) is 4.98 Å². The van der Waals surface area contributed by atoms with E-state index in [1.54, 1.807) is 0 Å². The van der Waals surface area contributed by atoms with Crippen molar-refractivity contribution < 1.29 is 34.7 Å². The SMILES string of the molecule is O=c1c2c3c(sc2nc([O-])n1-c1cccc2ccccc12)CCCC3.[Na+]. The molecule has 2 heterocycles. The van der Waals surface area contributed by atoms with Crippen molar-refractivity contribution in [3.63, 3.8) is 0 Å². The minimum atomic E-state index is -0.493. The van der Waals surface area contributed by atoms with E-state index in [-0.39, 0.29) is 35.1 Å². The van der Waals surface area contributed by atoms with Gasteiger partial charge in [0.15, 0.2) is 0 Å². The Morgan fingerprint density at radius 1 is 1.04 bits per heavy atom. The fourth-order valence-electron chi connectivity index (χ4n) is 3.80. The topological polar surface area (TPSA) is 57.9 Å². The second-order valence-electron chi connectivity index (χ2n) is 6.42. The molecule has 26 heavy (non-hydrogen) atoms. The summed E-state index contributed by atoms with van der Waals surface area (Å²) in [6.45, 7) is 0. The van der Waals surface area contributed by atoms with Crippen molar-refractivity contribution >= 4 is 32.3 Å². The van der Waals surface area contributed by atoms with Gasteiger partial charge in [-0.15, -0.1) is 11.3 Å². The van der Waals surface area contributed by atoms with Crippen molar-refractivity contribution in [3.05, 3.63) is 63.3 Å². The molecule has 5 rings (SSSR count).